The number of amides is 1. The maximum absolute atomic E-state index is 12.9. The first-order valence-electron chi connectivity index (χ1n) is 11.5. The maximum atomic E-state index is 12.9. The summed E-state index contributed by atoms with van der Waals surface area (Å²) in [5.74, 6) is -0.287. The molecule has 0 atom stereocenters. The lowest BCUT2D eigenvalue weighted by Gasteiger charge is -2.19. The summed E-state index contributed by atoms with van der Waals surface area (Å²) in [4.78, 5) is 12.9. The second kappa shape index (κ2) is 10.4. The largest absolute Gasteiger partial charge is 0.324 e. The molecule has 2 heterocycles. The molecule has 1 amide bonds. The summed E-state index contributed by atoms with van der Waals surface area (Å²) in [6, 6.07) is 10.6. The Bertz CT molecular complexity index is 1580. The number of carbonyl (C=O) groups is 1. The quantitative estimate of drug-likeness (QED) is 0.305. The van der Waals surface area contributed by atoms with Crippen molar-refractivity contribution in [3.63, 3.8) is 0 Å². The van der Waals surface area contributed by atoms with E-state index >= 15 is 0 Å². The van der Waals surface area contributed by atoms with E-state index in [9.17, 15) is 13.2 Å². The van der Waals surface area contributed by atoms with E-state index in [0.29, 0.717) is 23.9 Å². The number of hydrogen-bond acceptors (Lipinski definition) is 6. The molecule has 0 aliphatic heterocycles. The Balaban J connectivity index is 1.58. The Labute approximate surface area is 220 Å². The van der Waals surface area contributed by atoms with Gasteiger partial charge in [-0.1, -0.05) is 48.8 Å². The highest BCUT2D eigenvalue weighted by molar-refractivity contribution is 7.99. The molecule has 4 rings (SSSR count). The zero-order valence-corrected chi connectivity index (χ0v) is 23.2. The molecule has 1 N–H and O–H groups in total. The number of aryl methyl sites for hydroxylation is 3. The third-order valence-corrected chi connectivity index (χ3v) is 9.29. The topological polar surface area (TPSA) is 96.7 Å². The molecule has 8 nitrogen and oxygen atoms in total. The van der Waals surface area contributed by atoms with E-state index < -0.39 is 10.0 Å². The Hall–Kier alpha value is -2.66. The Morgan fingerprint density at radius 2 is 1.78 bits per heavy atom. The predicted octanol–water partition coefficient (Wildman–Crippen LogP) is 5.22. The molecule has 0 saturated heterocycles. The number of benzene rings is 2. The fourth-order valence-corrected chi connectivity index (χ4v) is 6.69. The lowest BCUT2D eigenvalue weighted by Crippen LogP contribution is -2.30. The van der Waals surface area contributed by atoms with Gasteiger partial charge in [0, 0.05) is 18.5 Å². The number of hydrogen-bond donors (Lipinski definition) is 1. The minimum Gasteiger partial charge on any atom is -0.324 e. The number of aromatic nitrogens is 3. The Morgan fingerprint density at radius 1 is 1.06 bits per heavy atom. The number of thioether (sulfide) groups is 1. The number of halogens is 1. The third-order valence-electron chi connectivity index (χ3n) is 5.98. The minimum absolute atomic E-state index is 0.0461. The average Bonchev–Trinajstić information content (AvgIpc) is 3.22. The van der Waals surface area contributed by atoms with Gasteiger partial charge in [0.25, 0.3) is 0 Å². The molecule has 0 radical (unpaired) electrons. The van der Waals surface area contributed by atoms with Crippen LogP contribution in [0.25, 0.3) is 16.6 Å². The van der Waals surface area contributed by atoms with Crippen molar-refractivity contribution in [2.75, 3.05) is 24.2 Å². The zero-order chi connectivity index (χ0) is 26.2. The number of nitrogens with zero attached hydrogens (tertiary/aromatic N) is 4. The van der Waals surface area contributed by atoms with E-state index in [4.69, 9.17) is 11.6 Å². The Kier molecular flexibility index (Phi) is 7.61. The molecule has 0 aliphatic rings. The second-order valence-electron chi connectivity index (χ2n) is 8.55. The lowest BCUT2D eigenvalue weighted by molar-refractivity contribution is -0.113. The number of nitrogens with one attached hydrogen (secondary N) is 1. The van der Waals surface area contributed by atoms with E-state index in [2.05, 4.69) is 48.4 Å². The fourth-order valence-electron chi connectivity index (χ4n) is 4.30. The SMILES string of the molecule is CCN(CC)S(=O)(=O)c1ccc(Cl)c(NC(=O)CSc2nnc3cc(C)c4cc(C)cc(C)c4n23)c1. The van der Waals surface area contributed by atoms with Crippen molar-refractivity contribution >= 4 is 61.5 Å². The average molecular weight is 546 g/mol. The number of sulfonamides is 1. The van der Waals surface area contributed by atoms with Gasteiger partial charge in [0.15, 0.2) is 10.8 Å². The standard InChI is InChI=1S/C25H28ClN5O3S2/c1-6-30(7-2)36(33,34)18-8-9-20(26)21(13-18)27-23(32)14-35-25-29-28-22-12-16(4)19-11-15(3)10-17(5)24(19)31(22)25/h8-13H,6-7,14H2,1-5H3,(H,27,32). The summed E-state index contributed by atoms with van der Waals surface area (Å²) < 4.78 is 29.1. The first-order chi connectivity index (χ1) is 17.1. The van der Waals surface area contributed by atoms with Crippen LogP contribution >= 0.6 is 23.4 Å². The molecular weight excluding hydrogens is 518 g/mol. The molecule has 0 fully saturated rings. The number of carbonyl (C=O) groups excluding carboxylic acids is 1. The van der Waals surface area contributed by atoms with Crippen LogP contribution < -0.4 is 5.32 Å². The highest BCUT2D eigenvalue weighted by atomic mass is 35.5. The van der Waals surface area contributed by atoms with Crippen LogP contribution in [0.4, 0.5) is 5.69 Å². The van der Waals surface area contributed by atoms with Gasteiger partial charge < -0.3 is 5.32 Å². The van der Waals surface area contributed by atoms with Crippen LogP contribution in [0.3, 0.4) is 0 Å². The monoisotopic (exact) mass is 545 g/mol. The number of pyridine rings is 1. The zero-order valence-electron chi connectivity index (χ0n) is 20.8. The van der Waals surface area contributed by atoms with Gasteiger partial charge in [-0.05, 0) is 62.2 Å². The van der Waals surface area contributed by atoms with Crippen LogP contribution in [-0.2, 0) is 14.8 Å². The first kappa shape index (κ1) is 26.4. The van der Waals surface area contributed by atoms with Gasteiger partial charge in [0.1, 0.15) is 0 Å². The molecule has 4 aromatic rings. The van der Waals surface area contributed by atoms with Crippen LogP contribution in [0.1, 0.15) is 30.5 Å². The first-order valence-corrected chi connectivity index (χ1v) is 14.3. The van der Waals surface area contributed by atoms with Crippen molar-refractivity contribution in [2.24, 2.45) is 0 Å². The van der Waals surface area contributed by atoms with Crippen LogP contribution in [0.5, 0.6) is 0 Å². The molecule has 190 valence electrons. The van der Waals surface area contributed by atoms with Gasteiger partial charge in [0.2, 0.25) is 15.9 Å². The van der Waals surface area contributed by atoms with Crippen LogP contribution in [0, 0.1) is 20.8 Å². The van der Waals surface area contributed by atoms with Gasteiger partial charge in [-0.25, -0.2) is 8.42 Å². The highest BCUT2D eigenvalue weighted by Crippen LogP contribution is 2.30. The van der Waals surface area contributed by atoms with Gasteiger partial charge >= 0.3 is 0 Å². The molecule has 0 spiro atoms. The number of rotatable bonds is 8. The summed E-state index contributed by atoms with van der Waals surface area (Å²) in [6.45, 7) is 10.4. The predicted molar refractivity (Wildman–Crippen MR) is 146 cm³/mol. The van der Waals surface area contributed by atoms with Crippen LogP contribution in [-0.4, -0.2) is 52.1 Å². The summed E-state index contributed by atoms with van der Waals surface area (Å²) >= 11 is 7.52. The molecule has 2 aromatic heterocycles. The summed E-state index contributed by atoms with van der Waals surface area (Å²) in [5.41, 5.74) is 5.36. The fraction of sp³-hybridized carbons (Fsp3) is 0.320. The van der Waals surface area contributed by atoms with Crippen molar-refractivity contribution in [2.45, 2.75) is 44.7 Å². The summed E-state index contributed by atoms with van der Waals surface area (Å²) in [6.07, 6.45) is 0. The molecule has 36 heavy (non-hydrogen) atoms. The summed E-state index contributed by atoms with van der Waals surface area (Å²) in [7, 11) is -3.68. The number of anilines is 1. The molecule has 2 aromatic carbocycles. The van der Waals surface area contributed by atoms with Crippen molar-refractivity contribution in [1.82, 2.24) is 18.9 Å². The van der Waals surface area contributed by atoms with E-state index in [0.717, 1.165) is 22.0 Å². The normalized spacial score (nSPS) is 12.1. The van der Waals surface area contributed by atoms with E-state index in [-0.39, 0.29) is 27.3 Å². The summed E-state index contributed by atoms with van der Waals surface area (Å²) in [5, 5.41) is 13.3. The molecule has 0 aliphatic carbocycles. The van der Waals surface area contributed by atoms with E-state index in [1.807, 2.05) is 10.5 Å². The van der Waals surface area contributed by atoms with Gasteiger partial charge in [-0.15, -0.1) is 10.2 Å². The van der Waals surface area contributed by atoms with Crippen molar-refractivity contribution in [1.29, 1.82) is 0 Å². The van der Waals surface area contributed by atoms with E-state index in [1.54, 1.807) is 13.8 Å². The Morgan fingerprint density at radius 3 is 2.47 bits per heavy atom. The van der Waals surface area contributed by atoms with Crippen LogP contribution in [0.15, 0.2) is 46.5 Å². The van der Waals surface area contributed by atoms with Gasteiger partial charge in [0.05, 0.1) is 26.9 Å². The molecular formula is C25H28ClN5O3S2. The molecule has 0 saturated carbocycles. The minimum atomic E-state index is -3.68. The van der Waals surface area contributed by atoms with Gasteiger partial charge in [-0.3, -0.25) is 9.20 Å². The molecule has 0 bridgehead atoms. The van der Waals surface area contributed by atoms with Crippen molar-refractivity contribution in [3.05, 3.63) is 58.1 Å². The van der Waals surface area contributed by atoms with Crippen molar-refractivity contribution in [3.8, 4) is 0 Å². The maximum Gasteiger partial charge on any atom is 0.243 e. The number of fused-ring (bicyclic) bond motifs is 3. The molecule has 0 unspecified atom stereocenters. The van der Waals surface area contributed by atoms with Gasteiger partial charge in [-0.2, -0.15) is 4.31 Å². The lowest BCUT2D eigenvalue weighted by atomic mass is 10.0. The van der Waals surface area contributed by atoms with Crippen molar-refractivity contribution < 1.29 is 13.2 Å². The smallest absolute Gasteiger partial charge is 0.243 e. The second-order valence-corrected chi connectivity index (χ2v) is 11.8. The van der Waals surface area contributed by atoms with Crippen LogP contribution in [0.2, 0.25) is 5.02 Å². The van der Waals surface area contributed by atoms with E-state index in [1.165, 1.54) is 39.8 Å². The molecule has 11 heteroatoms. The third kappa shape index (κ3) is 4.95. The highest BCUT2D eigenvalue weighted by Gasteiger charge is 2.23.